The minimum atomic E-state index is -4.92. The molecular weight excluding hydrogens is 335 g/mol. The molecule has 0 aliphatic rings. The predicted octanol–water partition coefficient (Wildman–Crippen LogP) is 3.86. The molecule has 1 atom stereocenters. The summed E-state index contributed by atoms with van der Waals surface area (Å²) in [5.41, 5.74) is 0.272. The minimum Gasteiger partial charge on any atom is -0.406 e. The summed E-state index contributed by atoms with van der Waals surface area (Å²) in [7, 11) is 0. The number of hydrogen-bond acceptors (Lipinski definition) is 4. The standard InChI is InChI=1S/C14H9F5N4O/c1-7(15)13-22-21-12-5-20-11(6-23(12)13)9-3-2-8(4-10(9)16)24-14(17,18)19/h2-7H,1H3. The third-order valence-electron chi connectivity index (χ3n) is 3.12. The first kappa shape index (κ1) is 16.1. The van der Waals surface area contributed by atoms with Crippen molar-refractivity contribution in [2.24, 2.45) is 0 Å². The van der Waals surface area contributed by atoms with E-state index in [-0.39, 0.29) is 22.7 Å². The molecule has 24 heavy (non-hydrogen) atoms. The van der Waals surface area contributed by atoms with Crippen LogP contribution < -0.4 is 4.74 Å². The quantitative estimate of drug-likeness (QED) is 0.677. The van der Waals surface area contributed by atoms with E-state index >= 15 is 0 Å². The van der Waals surface area contributed by atoms with Crippen LogP contribution in [0.25, 0.3) is 16.9 Å². The Kier molecular flexibility index (Phi) is 3.82. The lowest BCUT2D eigenvalue weighted by Crippen LogP contribution is -2.17. The number of halogens is 5. The van der Waals surface area contributed by atoms with Crippen molar-refractivity contribution in [1.29, 1.82) is 0 Å². The zero-order valence-electron chi connectivity index (χ0n) is 12.1. The van der Waals surface area contributed by atoms with E-state index < -0.39 is 24.1 Å². The number of benzene rings is 1. The van der Waals surface area contributed by atoms with Gasteiger partial charge in [-0.15, -0.1) is 23.4 Å². The van der Waals surface area contributed by atoms with E-state index in [1.165, 1.54) is 23.7 Å². The smallest absolute Gasteiger partial charge is 0.406 e. The van der Waals surface area contributed by atoms with Crippen LogP contribution in [0.5, 0.6) is 5.75 Å². The summed E-state index contributed by atoms with van der Waals surface area (Å²) in [6, 6.07) is 2.65. The van der Waals surface area contributed by atoms with Gasteiger partial charge < -0.3 is 4.74 Å². The molecule has 126 valence electrons. The summed E-state index contributed by atoms with van der Waals surface area (Å²) in [6.07, 6.45) is -3.76. The molecule has 5 nitrogen and oxygen atoms in total. The molecule has 1 aromatic carbocycles. The highest BCUT2D eigenvalue weighted by atomic mass is 19.4. The fourth-order valence-corrected chi connectivity index (χ4v) is 2.13. The van der Waals surface area contributed by atoms with Crippen molar-refractivity contribution in [3.8, 4) is 17.0 Å². The van der Waals surface area contributed by atoms with Crippen LogP contribution >= 0.6 is 0 Å². The van der Waals surface area contributed by atoms with Gasteiger partial charge in [0, 0.05) is 17.8 Å². The number of hydrogen-bond donors (Lipinski definition) is 0. The van der Waals surface area contributed by atoms with Gasteiger partial charge in [0.25, 0.3) is 0 Å². The Morgan fingerprint density at radius 2 is 1.96 bits per heavy atom. The van der Waals surface area contributed by atoms with E-state index in [1.54, 1.807) is 0 Å². The number of nitrogens with zero attached hydrogens (tertiary/aromatic N) is 4. The number of ether oxygens (including phenoxy) is 1. The van der Waals surface area contributed by atoms with Crippen LogP contribution in [0.3, 0.4) is 0 Å². The topological polar surface area (TPSA) is 52.3 Å². The Bertz CT molecular complexity index is 890. The highest BCUT2D eigenvalue weighted by Crippen LogP contribution is 2.29. The summed E-state index contributed by atoms with van der Waals surface area (Å²) in [6.45, 7) is 1.26. The molecule has 10 heteroatoms. The molecule has 0 spiro atoms. The van der Waals surface area contributed by atoms with E-state index in [2.05, 4.69) is 19.9 Å². The maximum absolute atomic E-state index is 14.1. The fraction of sp³-hybridized carbons (Fsp3) is 0.214. The molecule has 2 heterocycles. The Labute approximate surface area is 131 Å². The Morgan fingerprint density at radius 3 is 2.58 bits per heavy atom. The summed E-state index contributed by atoms with van der Waals surface area (Å²) in [5.74, 6) is -1.65. The molecular formula is C14H9F5N4O. The molecule has 0 aliphatic heterocycles. The van der Waals surface area contributed by atoms with Crippen LogP contribution in [0.15, 0.2) is 30.6 Å². The van der Waals surface area contributed by atoms with Gasteiger partial charge >= 0.3 is 6.36 Å². The van der Waals surface area contributed by atoms with Crippen molar-refractivity contribution < 1.29 is 26.7 Å². The van der Waals surface area contributed by atoms with Gasteiger partial charge in [0.05, 0.1) is 11.9 Å². The molecule has 0 N–H and O–H groups in total. The highest BCUT2D eigenvalue weighted by molar-refractivity contribution is 5.61. The summed E-state index contributed by atoms with van der Waals surface area (Å²) >= 11 is 0. The van der Waals surface area contributed by atoms with Gasteiger partial charge in [-0.1, -0.05) is 0 Å². The summed E-state index contributed by atoms with van der Waals surface area (Å²) in [4.78, 5) is 3.97. The van der Waals surface area contributed by atoms with E-state index in [0.717, 1.165) is 12.1 Å². The molecule has 0 saturated heterocycles. The first-order valence-electron chi connectivity index (χ1n) is 6.65. The van der Waals surface area contributed by atoms with Gasteiger partial charge in [-0.2, -0.15) is 0 Å². The van der Waals surface area contributed by atoms with Gasteiger partial charge in [-0.3, -0.25) is 9.38 Å². The SMILES string of the molecule is CC(F)c1nnc2cnc(-c3ccc(OC(F)(F)F)cc3F)cn12. The Morgan fingerprint density at radius 1 is 1.21 bits per heavy atom. The molecule has 0 aliphatic carbocycles. The molecule has 3 aromatic rings. The zero-order chi connectivity index (χ0) is 17.5. The second kappa shape index (κ2) is 5.69. The largest absolute Gasteiger partial charge is 0.573 e. The lowest BCUT2D eigenvalue weighted by molar-refractivity contribution is -0.274. The van der Waals surface area contributed by atoms with Crippen LogP contribution in [0, 0.1) is 5.82 Å². The third kappa shape index (κ3) is 3.12. The van der Waals surface area contributed by atoms with Crippen molar-refractivity contribution in [3.63, 3.8) is 0 Å². The number of alkyl halides is 4. The number of fused-ring (bicyclic) bond motifs is 1. The molecule has 0 bridgehead atoms. The van der Waals surface area contributed by atoms with Gasteiger partial charge in [0.15, 0.2) is 17.6 Å². The second-order valence-electron chi connectivity index (χ2n) is 4.86. The average molecular weight is 344 g/mol. The van der Waals surface area contributed by atoms with Crippen molar-refractivity contribution >= 4 is 5.65 Å². The van der Waals surface area contributed by atoms with Crippen molar-refractivity contribution in [2.45, 2.75) is 19.5 Å². The zero-order valence-corrected chi connectivity index (χ0v) is 12.1. The van der Waals surface area contributed by atoms with Crippen LogP contribution in [0.1, 0.15) is 18.9 Å². The molecule has 0 saturated carbocycles. The molecule has 1 unspecified atom stereocenters. The molecule has 0 radical (unpaired) electrons. The lowest BCUT2D eigenvalue weighted by atomic mass is 10.1. The van der Waals surface area contributed by atoms with Gasteiger partial charge in [-0.05, 0) is 19.1 Å². The summed E-state index contributed by atoms with van der Waals surface area (Å²) < 4.78 is 69.0. The maximum Gasteiger partial charge on any atom is 0.573 e. The number of rotatable bonds is 3. The van der Waals surface area contributed by atoms with Gasteiger partial charge in [0.2, 0.25) is 0 Å². The lowest BCUT2D eigenvalue weighted by Gasteiger charge is -2.10. The van der Waals surface area contributed by atoms with Crippen LogP contribution in [-0.2, 0) is 0 Å². The Hall–Kier alpha value is -2.78. The molecule has 2 aromatic heterocycles. The normalized spacial score (nSPS) is 13.2. The van der Waals surface area contributed by atoms with Crippen LogP contribution in [0.4, 0.5) is 22.0 Å². The fourth-order valence-electron chi connectivity index (χ4n) is 2.13. The Balaban J connectivity index is 2.02. The van der Waals surface area contributed by atoms with E-state index in [9.17, 15) is 22.0 Å². The van der Waals surface area contributed by atoms with Gasteiger partial charge in [0.1, 0.15) is 11.6 Å². The third-order valence-corrected chi connectivity index (χ3v) is 3.12. The molecule has 0 fully saturated rings. The van der Waals surface area contributed by atoms with Gasteiger partial charge in [-0.25, -0.2) is 8.78 Å². The predicted molar refractivity (Wildman–Crippen MR) is 72.4 cm³/mol. The first-order valence-corrected chi connectivity index (χ1v) is 6.65. The van der Waals surface area contributed by atoms with Crippen LogP contribution in [0.2, 0.25) is 0 Å². The van der Waals surface area contributed by atoms with E-state index in [0.29, 0.717) is 6.07 Å². The molecule has 0 amide bonds. The maximum atomic E-state index is 14.1. The minimum absolute atomic E-state index is 0.00563. The number of aromatic nitrogens is 4. The average Bonchev–Trinajstić information content (AvgIpc) is 2.88. The van der Waals surface area contributed by atoms with Crippen molar-refractivity contribution in [2.75, 3.05) is 0 Å². The van der Waals surface area contributed by atoms with Crippen molar-refractivity contribution in [1.82, 2.24) is 19.6 Å². The van der Waals surface area contributed by atoms with Crippen LogP contribution in [-0.4, -0.2) is 25.9 Å². The summed E-state index contributed by atoms with van der Waals surface area (Å²) in [5, 5.41) is 7.39. The molecule has 3 rings (SSSR count). The first-order chi connectivity index (χ1) is 11.2. The second-order valence-corrected chi connectivity index (χ2v) is 4.86. The van der Waals surface area contributed by atoms with Crippen molar-refractivity contribution in [3.05, 3.63) is 42.2 Å². The van der Waals surface area contributed by atoms with E-state index in [1.807, 2.05) is 0 Å². The monoisotopic (exact) mass is 344 g/mol. The highest BCUT2D eigenvalue weighted by Gasteiger charge is 2.31. The van der Waals surface area contributed by atoms with E-state index in [4.69, 9.17) is 0 Å².